The maximum absolute atomic E-state index is 12.1. The Kier molecular flexibility index (Phi) is 4.24. The van der Waals surface area contributed by atoms with Crippen LogP contribution < -0.4 is 11.1 Å². The van der Waals surface area contributed by atoms with E-state index >= 15 is 0 Å². The van der Waals surface area contributed by atoms with Crippen molar-refractivity contribution in [3.05, 3.63) is 24.3 Å². The lowest BCUT2D eigenvalue weighted by Gasteiger charge is -2.22. The molecule has 0 spiro atoms. The highest BCUT2D eigenvalue weighted by molar-refractivity contribution is 7.91. The molecule has 1 aliphatic heterocycles. The first-order valence-corrected chi connectivity index (χ1v) is 8.02. The first kappa shape index (κ1) is 13.4. The average molecular weight is 268 g/mol. The fourth-order valence-corrected chi connectivity index (χ4v) is 3.72. The Morgan fingerprint density at radius 2 is 1.78 bits per heavy atom. The molecule has 1 aromatic rings. The van der Waals surface area contributed by atoms with Crippen molar-refractivity contribution in [3.63, 3.8) is 0 Å². The Hall–Kier alpha value is -1.07. The Bertz CT molecular complexity index is 476. The zero-order valence-electron chi connectivity index (χ0n) is 10.4. The molecule has 1 aromatic carbocycles. The van der Waals surface area contributed by atoms with E-state index in [4.69, 9.17) is 5.73 Å². The van der Waals surface area contributed by atoms with Crippen LogP contribution in [0, 0.1) is 5.92 Å². The minimum absolute atomic E-state index is 0.238. The van der Waals surface area contributed by atoms with Crippen molar-refractivity contribution in [1.82, 2.24) is 5.32 Å². The molecular weight excluding hydrogens is 248 g/mol. The van der Waals surface area contributed by atoms with E-state index in [1.807, 2.05) is 0 Å². The van der Waals surface area contributed by atoms with E-state index in [1.165, 1.54) is 0 Å². The first-order chi connectivity index (χ1) is 8.58. The van der Waals surface area contributed by atoms with Crippen LogP contribution in [0.4, 0.5) is 5.69 Å². The summed E-state index contributed by atoms with van der Waals surface area (Å²) in [6.45, 7) is 2.01. The fraction of sp³-hybridized carbons (Fsp3) is 0.538. The molecule has 1 aliphatic rings. The largest absolute Gasteiger partial charge is 0.399 e. The van der Waals surface area contributed by atoms with Crippen LogP contribution in [0.2, 0.25) is 0 Å². The number of nitrogens with two attached hydrogens (primary N) is 1. The van der Waals surface area contributed by atoms with E-state index in [9.17, 15) is 8.42 Å². The lowest BCUT2D eigenvalue weighted by atomic mass is 9.96. The van der Waals surface area contributed by atoms with Crippen molar-refractivity contribution in [3.8, 4) is 0 Å². The molecule has 0 aliphatic carbocycles. The van der Waals surface area contributed by atoms with Gasteiger partial charge >= 0.3 is 0 Å². The maximum Gasteiger partial charge on any atom is 0.178 e. The molecule has 100 valence electrons. The van der Waals surface area contributed by atoms with Gasteiger partial charge in [-0.25, -0.2) is 8.42 Å². The molecule has 0 radical (unpaired) electrons. The average Bonchev–Trinajstić information content (AvgIpc) is 2.38. The van der Waals surface area contributed by atoms with Crippen LogP contribution in [0.15, 0.2) is 29.2 Å². The number of benzene rings is 1. The quantitative estimate of drug-likeness (QED) is 0.810. The number of rotatable bonds is 4. The van der Waals surface area contributed by atoms with Crippen molar-refractivity contribution >= 4 is 15.5 Å². The highest BCUT2D eigenvalue weighted by Gasteiger charge is 2.19. The highest BCUT2D eigenvalue weighted by atomic mass is 32.2. The van der Waals surface area contributed by atoms with Gasteiger partial charge in [0.15, 0.2) is 9.84 Å². The Morgan fingerprint density at radius 3 is 2.39 bits per heavy atom. The second kappa shape index (κ2) is 5.71. The van der Waals surface area contributed by atoms with Crippen LogP contribution in [-0.4, -0.2) is 27.3 Å². The molecule has 0 atom stereocenters. The van der Waals surface area contributed by atoms with Gasteiger partial charge in [-0.2, -0.15) is 0 Å². The molecule has 0 bridgehead atoms. The van der Waals surface area contributed by atoms with Crippen LogP contribution in [0.1, 0.15) is 19.3 Å². The second-order valence-corrected chi connectivity index (χ2v) is 6.98. The van der Waals surface area contributed by atoms with Gasteiger partial charge in [0.05, 0.1) is 10.6 Å². The molecular formula is C13H20N2O2S. The van der Waals surface area contributed by atoms with Crippen molar-refractivity contribution in [2.24, 2.45) is 5.92 Å². The smallest absolute Gasteiger partial charge is 0.178 e. The maximum atomic E-state index is 12.1. The van der Waals surface area contributed by atoms with Crippen LogP contribution in [0.3, 0.4) is 0 Å². The first-order valence-electron chi connectivity index (χ1n) is 6.37. The molecule has 1 fully saturated rings. The molecule has 0 unspecified atom stereocenters. The number of sulfone groups is 1. The summed E-state index contributed by atoms with van der Waals surface area (Å²) in [6, 6.07) is 6.45. The predicted octanol–water partition coefficient (Wildman–Crippen LogP) is 1.43. The molecule has 2 rings (SSSR count). The van der Waals surface area contributed by atoms with E-state index < -0.39 is 9.84 Å². The summed E-state index contributed by atoms with van der Waals surface area (Å²) in [4.78, 5) is 0.380. The van der Waals surface area contributed by atoms with Crippen molar-refractivity contribution in [2.75, 3.05) is 24.6 Å². The molecule has 1 heterocycles. The summed E-state index contributed by atoms with van der Waals surface area (Å²) in [6.07, 6.45) is 2.92. The van der Waals surface area contributed by atoms with Gasteiger partial charge in [0.25, 0.3) is 0 Å². The summed E-state index contributed by atoms with van der Waals surface area (Å²) in [7, 11) is -3.15. The van der Waals surface area contributed by atoms with E-state index in [1.54, 1.807) is 24.3 Å². The highest BCUT2D eigenvalue weighted by Crippen LogP contribution is 2.20. The van der Waals surface area contributed by atoms with Gasteiger partial charge in [-0.15, -0.1) is 0 Å². The van der Waals surface area contributed by atoms with Crippen molar-refractivity contribution < 1.29 is 8.42 Å². The SMILES string of the molecule is Nc1ccc(S(=O)(=O)CCC2CCNCC2)cc1. The van der Waals surface area contributed by atoms with Crippen molar-refractivity contribution in [1.29, 1.82) is 0 Å². The second-order valence-electron chi connectivity index (χ2n) is 4.87. The number of nitrogens with one attached hydrogen (secondary N) is 1. The number of piperidine rings is 1. The summed E-state index contributed by atoms with van der Waals surface area (Å²) in [5.74, 6) is 0.775. The van der Waals surface area contributed by atoms with E-state index in [2.05, 4.69) is 5.32 Å². The van der Waals surface area contributed by atoms with E-state index in [0.717, 1.165) is 32.4 Å². The molecule has 3 N–H and O–H groups in total. The lowest BCUT2D eigenvalue weighted by Crippen LogP contribution is -2.28. The number of anilines is 1. The number of hydrogen-bond acceptors (Lipinski definition) is 4. The third-order valence-corrected chi connectivity index (χ3v) is 5.26. The van der Waals surface area contributed by atoms with Gasteiger partial charge in [0, 0.05) is 5.69 Å². The Balaban J connectivity index is 1.96. The monoisotopic (exact) mass is 268 g/mol. The summed E-state index contributed by atoms with van der Waals surface area (Å²) in [5, 5.41) is 3.29. The third-order valence-electron chi connectivity index (χ3n) is 3.49. The summed E-state index contributed by atoms with van der Waals surface area (Å²) >= 11 is 0. The van der Waals surface area contributed by atoms with E-state index in [0.29, 0.717) is 16.5 Å². The van der Waals surface area contributed by atoms with Gasteiger partial charge in [-0.05, 0) is 62.5 Å². The minimum atomic E-state index is -3.15. The van der Waals surface area contributed by atoms with Crippen LogP contribution >= 0.6 is 0 Å². The zero-order valence-corrected chi connectivity index (χ0v) is 11.2. The molecule has 0 saturated carbocycles. The Labute approximate surface area is 108 Å². The van der Waals surface area contributed by atoms with Crippen LogP contribution in [-0.2, 0) is 9.84 Å². The third kappa shape index (κ3) is 3.46. The van der Waals surface area contributed by atoms with Crippen LogP contribution in [0.5, 0.6) is 0 Å². The molecule has 0 aromatic heterocycles. The molecule has 18 heavy (non-hydrogen) atoms. The fourth-order valence-electron chi connectivity index (χ4n) is 2.29. The Morgan fingerprint density at radius 1 is 1.17 bits per heavy atom. The predicted molar refractivity (Wildman–Crippen MR) is 73.1 cm³/mol. The number of hydrogen-bond donors (Lipinski definition) is 2. The summed E-state index contributed by atoms with van der Waals surface area (Å²) < 4.78 is 24.3. The zero-order chi connectivity index (χ0) is 13.0. The van der Waals surface area contributed by atoms with Crippen LogP contribution in [0.25, 0.3) is 0 Å². The van der Waals surface area contributed by atoms with Gasteiger partial charge in [-0.3, -0.25) is 0 Å². The van der Waals surface area contributed by atoms with E-state index in [-0.39, 0.29) is 5.75 Å². The standard InChI is InChI=1S/C13H20N2O2S/c14-12-1-3-13(4-2-12)18(16,17)10-7-11-5-8-15-9-6-11/h1-4,11,15H,5-10,14H2. The topological polar surface area (TPSA) is 72.2 Å². The number of nitrogen functional groups attached to an aromatic ring is 1. The van der Waals surface area contributed by atoms with Gasteiger partial charge in [0.1, 0.15) is 0 Å². The van der Waals surface area contributed by atoms with Gasteiger partial charge < -0.3 is 11.1 Å². The van der Waals surface area contributed by atoms with Crippen molar-refractivity contribution in [2.45, 2.75) is 24.2 Å². The molecule has 1 saturated heterocycles. The van der Waals surface area contributed by atoms with Gasteiger partial charge in [-0.1, -0.05) is 0 Å². The lowest BCUT2D eigenvalue weighted by molar-refractivity contribution is 0.365. The molecule has 4 nitrogen and oxygen atoms in total. The molecule has 5 heteroatoms. The summed E-state index contributed by atoms with van der Waals surface area (Å²) in [5.41, 5.74) is 6.15. The molecule has 0 amide bonds. The van der Waals surface area contributed by atoms with Gasteiger partial charge in [0.2, 0.25) is 0 Å². The normalized spacial score (nSPS) is 17.8. The minimum Gasteiger partial charge on any atom is -0.399 e.